The maximum Gasteiger partial charge on any atom is 0.254 e. The third kappa shape index (κ3) is 4.64. The molecule has 1 fully saturated rings. The van der Waals surface area contributed by atoms with Crippen LogP contribution >= 0.6 is 0 Å². The summed E-state index contributed by atoms with van der Waals surface area (Å²) in [6.45, 7) is 6.25. The highest BCUT2D eigenvalue weighted by molar-refractivity contribution is 5.94. The summed E-state index contributed by atoms with van der Waals surface area (Å²) >= 11 is 0. The number of aromatic nitrogens is 2. The summed E-state index contributed by atoms with van der Waals surface area (Å²) in [5, 5.41) is 2.99. The predicted molar refractivity (Wildman–Crippen MR) is 84.6 cm³/mol. The summed E-state index contributed by atoms with van der Waals surface area (Å²) in [4.78, 5) is 22.5. The molecule has 7 nitrogen and oxygen atoms in total. The van der Waals surface area contributed by atoms with E-state index in [9.17, 15) is 4.79 Å². The van der Waals surface area contributed by atoms with E-state index in [1.165, 1.54) is 6.20 Å². The lowest BCUT2D eigenvalue weighted by atomic mass is 9.98. The van der Waals surface area contributed by atoms with Crippen LogP contribution in [0.25, 0.3) is 0 Å². The number of hydrogen-bond acceptors (Lipinski definition) is 6. The first-order valence-electron chi connectivity index (χ1n) is 7.68. The average Bonchev–Trinajstić information content (AvgIpc) is 2.51. The Labute approximate surface area is 131 Å². The van der Waals surface area contributed by atoms with Crippen molar-refractivity contribution in [2.75, 3.05) is 45.6 Å². The molecule has 1 saturated heterocycles. The van der Waals surface area contributed by atoms with Crippen LogP contribution in [0.2, 0.25) is 0 Å². The number of likely N-dealkylation sites (tertiary alicyclic amines) is 1. The molecular formula is C15H25N5O2. The van der Waals surface area contributed by atoms with Gasteiger partial charge in [0, 0.05) is 32.9 Å². The molecule has 22 heavy (non-hydrogen) atoms. The number of nitrogens with one attached hydrogen (secondary N) is 1. The first-order chi connectivity index (χ1) is 10.6. The summed E-state index contributed by atoms with van der Waals surface area (Å²) < 4.78 is 5.12. The first kappa shape index (κ1) is 16.6. The lowest BCUT2D eigenvalue weighted by Crippen LogP contribution is -2.42. The van der Waals surface area contributed by atoms with Crippen LogP contribution in [0, 0.1) is 12.8 Å². The number of hydrogen-bond donors (Lipinski definition) is 2. The third-order valence-electron chi connectivity index (χ3n) is 4.01. The number of nitrogens with two attached hydrogens (primary N) is 1. The van der Waals surface area contributed by atoms with Crippen LogP contribution in [0.1, 0.15) is 28.9 Å². The number of nitrogen functional groups attached to an aromatic ring is 1. The van der Waals surface area contributed by atoms with Crippen molar-refractivity contribution in [1.82, 2.24) is 20.2 Å². The van der Waals surface area contributed by atoms with Gasteiger partial charge in [-0.15, -0.1) is 0 Å². The Morgan fingerprint density at radius 1 is 1.59 bits per heavy atom. The maximum atomic E-state index is 12.2. The Morgan fingerprint density at radius 2 is 2.41 bits per heavy atom. The Morgan fingerprint density at radius 3 is 3.14 bits per heavy atom. The normalized spacial score (nSPS) is 19.1. The van der Waals surface area contributed by atoms with Crippen molar-refractivity contribution in [3.63, 3.8) is 0 Å². The predicted octanol–water partition coefficient (Wildman–Crippen LogP) is 0.455. The van der Waals surface area contributed by atoms with E-state index in [4.69, 9.17) is 10.5 Å². The number of carbonyl (C=O) groups excluding carboxylic acids is 1. The van der Waals surface area contributed by atoms with Crippen LogP contribution < -0.4 is 11.1 Å². The van der Waals surface area contributed by atoms with E-state index in [1.54, 1.807) is 14.0 Å². The molecule has 0 aliphatic carbocycles. The Hall–Kier alpha value is -1.73. The van der Waals surface area contributed by atoms with E-state index >= 15 is 0 Å². The molecule has 2 heterocycles. The van der Waals surface area contributed by atoms with Crippen molar-refractivity contribution in [3.05, 3.63) is 17.5 Å². The SMILES string of the molecule is COCCN1CCC[C@H](CNC(=O)c2cnc(N)nc2C)C1. The van der Waals surface area contributed by atoms with Gasteiger partial charge >= 0.3 is 0 Å². The van der Waals surface area contributed by atoms with Gasteiger partial charge in [0.15, 0.2) is 0 Å². The summed E-state index contributed by atoms with van der Waals surface area (Å²) in [5.74, 6) is 0.534. The summed E-state index contributed by atoms with van der Waals surface area (Å²) in [7, 11) is 1.72. The molecule has 0 unspecified atom stereocenters. The molecule has 0 aromatic carbocycles. The molecule has 0 bridgehead atoms. The first-order valence-corrected chi connectivity index (χ1v) is 7.68. The van der Waals surface area contributed by atoms with Crippen LogP contribution in [0.4, 0.5) is 5.95 Å². The zero-order valence-electron chi connectivity index (χ0n) is 13.3. The number of ether oxygens (including phenoxy) is 1. The highest BCUT2D eigenvalue weighted by atomic mass is 16.5. The minimum atomic E-state index is -0.133. The topological polar surface area (TPSA) is 93.4 Å². The highest BCUT2D eigenvalue weighted by Crippen LogP contribution is 2.15. The summed E-state index contributed by atoms with van der Waals surface area (Å²) in [5.41, 5.74) is 6.60. The molecule has 0 spiro atoms. The van der Waals surface area contributed by atoms with Crippen molar-refractivity contribution >= 4 is 11.9 Å². The Kier molecular flexibility index (Phi) is 6.09. The number of piperidine rings is 1. The van der Waals surface area contributed by atoms with Crippen molar-refractivity contribution in [1.29, 1.82) is 0 Å². The molecule has 122 valence electrons. The van der Waals surface area contributed by atoms with Crippen LogP contribution in [0.3, 0.4) is 0 Å². The van der Waals surface area contributed by atoms with E-state index in [0.29, 0.717) is 23.7 Å². The van der Waals surface area contributed by atoms with Crippen molar-refractivity contribution < 1.29 is 9.53 Å². The summed E-state index contributed by atoms with van der Waals surface area (Å²) in [6.07, 6.45) is 3.79. The van der Waals surface area contributed by atoms with Gasteiger partial charge in [-0.2, -0.15) is 0 Å². The zero-order chi connectivity index (χ0) is 15.9. The number of aryl methyl sites for hydroxylation is 1. The van der Waals surface area contributed by atoms with Gasteiger partial charge in [-0.05, 0) is 32.2 Å². The molecule has 1 aromatic heterocycles. The smallest absolute Gasteiger partial charge is 0.254 e. The number of methoxy groups -OCH3 is 1. The van der Waals surface area contributed by atoms with Crippen molar-refractivity contribution in [2.24, 2.45) is 5.92 Å². The van der Waals surface area contributed by atoms with Gasteiger partial charge in [-0.1, -0.05) is 0 Å². The van der Waals surface area contributed by atoms with E-state index in [2.05, 4.69) is 20.2 Å². The molecule has 2 rings (SSSR count). The molecule has 1 atom stereocenters. The number of carbonyl (C=O) groups is 1. The molecule has 1 aliphatic rings. The van der Waals surface area contributed by atoms with Gasteiger partial charge in [0.05, 0.1) is 17.9 Å². The van der Waals surface area contributed by atoms with E-state index in [-0.39, 0.29) is 11.9 Å². The molecule has 0 saturated carbocycles. The van der Waals surface area contributed by atoms with Crippen LogP contribution in [-0.2, 0) is 4.74 Å². The monoisotopic (exact) mass is 307 g/mol. The molecule has 1 amide bonds. The molecule has 1 aliphatic heterocycles. The fourth-order valence-corrected chi connectivity index (χ4v) is 2.78. The average molecular weight is 307 g/mol. The second-order valence-electron chi connectivity index (χ2n) is 5.74. The molecule has 7 heteroatoms. The van der Waals surface area contributed by atoms with Gasteiger partial charge in [0.2, 0.25) is 5.95 Å². The lowest BCUT2D eigenvalue weighted by Gasteiger charge is -2.32. The van der Waals surface area contributed by atoms with E-state index < -0.39 is 0 Å². The molecule has 1 aromatic rings. The quantitative estimate of drug-likeness (QED) is 0.793. The number of amides is 1. The van der Waals surface area contributed by atoms with Gasteiger partial charge < -0.3 is 20.7 Å². The van der Waals surface area contributed by atoms with Crippen LogP contribution in [-0.4, -0.2) is 60.7 Å². The Balaban J connectivity index is 1.82. The summed E-state index contributed by atoms with van der Waals surface area (Å²) in [6, 6.07) is 0. The fourth-order valence-electron chi connectivity index (χ4n) is 2.78. The van der Waals surface area contributed by atoms with Gasteiger partial charge in [0.25, 0.3) is 5.91 Å². The van der Waals surface area contributed by atoms with Crippen LogP contribution in [0.5, 0.6) is 0 Å². The number of anilines is 1. The minimum Gasteiger partial charge on any atom is -0.383 e. The Bertz CT molecular complexity index is 509. The van der Waals surface area contributed by atoms with Gasteiger partial charge in [-0.25, -0.2) is 9.97 Å². The second-order valence-corrected chi connectivity index (χ2v) is 5.74. The fraction of sp³-hybridized carbons (Fsp3) is 0.667. The minimum absolute atomic E-state index is 0.133. The maximum absolute atomic E-state index is 12.2. The van der Waals surface area contributed by atoms with Crippen LogP contribution in [0.15, 0.2) is 6.20 Å². The van der Waals surface area contributed by atoms with Gasteiger partial charge in [0.1, 0.15) is 0 Å². The van der Waals surface area contributed by atoms with E-state index in [1.807, 2.05) is 0 Å². The van der Waals surface area contributed by atoms with E-state index in [0.717, 1.165) is 39.1 Å². The number of nitrogens with zero attached hydrogens (tertiary/aromatic N) is 3. The second kappa shape index (κ2) is 8.05. The lowest BCUT2D eigenvalue weighted by molar-refractivity contribution is 0.0912. The highest BCUT2D eigenvalue weighted by Gasteiger charge is 2.20. The molecular weight excluding hydrogens is 282 g/mol. The molecule has 0 radical (unpaired) electrons. The largest absolute Gasteiger partial charge is 0.383 e. The third-order valence-corrected chi connectivity index (χ3v) is 4.01. The van der Waals surface area contributed by atoms with Crippen molar-refractivity contribution in [3.8, 4) is 0 Å². The molecule has 3 N–H and O–H groups in total. The van der Waals surface area contributed by atoms with Gasteiger partial charge in [-0.3, -0.25) is 4.79 Å². The zero-order valence-corrected chi connectivity index (χ0v) is 13.3. The van der Waals surface area contributed by atoms with Crippen molar-refractivity contribution in [2.45, 2.75) is 19.8 Å². The standard InChI is InChI=1S/C15H25N5O2/c1-11-13(9-18-15(16)19-11)14(21)17-8-12-4-3-5-20(10-12)6-7-22-2/h9,12H,3-8,10H2,1-2H3,(H,17,21)(H2,16,18,19)/t12-/m1/s1. The number of rotatable bonds is 6.